The number of aromatic nitrogens is 3. The molecule has 2 aromatic heterocycles. The van der Waals surface area contributed by atoms with Gasteiger partial charge in [0.15, 0.2) is 0 Å². The molecule has 8 nitrogen and oxygen atoms in total. The minimum absolute atomic E-state index is 0.0554. The summed E-state index contributed by atoms with van der Waals surface area (Å²) in [5.74, 6) is -0.396. The maximum Gasteiger partial charge on any atom is 0.247 e. The summed E-state index contributed by atoms with van der Waals surface area (Å²) >= 11 is 0. The van der Waals surface area contributed by atoms with Gasteiger partial charge in [-0.25, -0.2) is 9.07 Å². The summed E-state index contributed by atoms with van der Waals surface area (Å²) < 4.78 is 20.6. The van der Waals surface area contributed by atoms with Gasteiger partial charge in [-0.15, -0.1) is 5.10 Å². The van der Waals surface area contributed by atoms with Crippen molar-refractivity contribution in [2.45, 2.75) is 50.9 Å². The van der Waals surface area contributed by atoms with Crippen molar-refractivity contribution in [3.63, 3.8) is 0 Å². The van der Waals surface area contributed by atoms with Crippen molar-refractivity contribution < 1.29 is 18.4 Å². The molecule has 1 N–H and O–H groups in total. The largest absolute Gasteiger partial charge is 0.467 e. The van der Waals surface area contributed by atoms with E-state index in [9.17, 15) is 14.0 Å². The van der Waals surface area contributed by atoms with E-state index in [0.29, 0.717) is 16.8 Å². The van der Waals surface area contributed by atoms with Crippen LogP contribution in [-0.4, -0.2) is 37.7 Å². The second kappa shape index (κ2) is 10.1. The summed E-state index contributed by atoms with van der Waals surface area (Å²) in [6, 6.07) is 15.6. The molecule has 1 fully saturated rings. The lowest BCUT2D eigenvalue weighted by molar-refractivity contribution is -0.144. The van der Waals surface area contributed by atoms with Crippen molar-refractivity contribution in [1.82, 2.24) is 25.2 Å². The molecule has 35 heavy (non-hydrogen) atoms. The van der Waals surface area contributed by atoms with Crippen LogP contribution in [0.25, 0.3) is 11.0 Å². The summed E-state index contributed by atoms with van der Waals surface area (Å²) in [6.07, 6.45) is 5.09. The number of halogens is 1. The summed E-state index contributed by atoms with van der Waals surface area (Å²) in [5, 5.41) is 11.2. The third-order valence-electron chi connectivity index (χ3n) is 6.44. The molecule has 0 radical (unpaired) electrons. The van der Waals surface area contributed by atoms with Crippen LogP contribution in [0.3, 0.4) is 0 Å². The highest BCUT2D eigenvalue weighted by atomic mass is 19.1. The average Bonchev–Trinajstić information content (AvgIpc) is 3.65. The molecule has 1 aliphatic rings. The van der Waals surface area contributed by atoms with Crippen molar-refractivity contribution in [3.8, 4) is 0 Å². The number of nitrogens with one attached hydrogen (secondary N) is 1. The van der Waals surface area contributed by atoms with Crippen LogP contribution in [0.15, 0.2) is 71.3 Å². The Bertz CT molecular complexity index is 1300. The number of carbonyl (C=O) groups is 2. The first-order valence-electron chi connectivity index (χ1n) is 11.7. The van der Waals surface area contributed by atoms with Gasteiger partial charge in [-0.2, -0.15) is 0 Å². The molecule has 1 atom stereocenters. The van der Waals surface area contributed by atoms with Crippen LogP contribution in [0, 0.1) is 5.82 Å². The average molecular weight is 476 g/mol. The molecular weight excluding hydrogens is 449 g/mol. The maximum absolute atomic E-state index is 13.8. The van der Waals surface area contributed by atoms with Gasteiger partial charge in [0.2, 0.25) is 11.8 Å². The summed E-state index contributed by atoms with van der Waals surface area (Å²) in [7, 11) is 0. The molecule has 2 heterocycles. The van der Waals surface area contributed by atoms with Gasteiger partial charge in [0.1, 0.15) is 29.7 Å². The Morgan fingerprint density at radius 3 is 2.60 bits per heavy atom. The monoisotopic (exact) mass is 475 g/mol. The number of carbonyl (C=O) groups excluding carboxylic acids is 2. The molecule has 0 unspecified atom stereocenters. The minimum atomic E-state index is -0.920. The highest BCUT2D eigenvalue weighted by molar-refractivity contribution is 5.89. The van der Waals surface area contributed by atoms with Crippen LogP contribution in [0.4, 0.5) is 4.39 Å². The number of fused-ring (bicyclic) bond motifs is 1. The van der Waals surface area contributed by atoms with Crippen LogP contribution in [0.1, 0.15) is 43.0 Å². The standard InChI is InChI=1S/C26H26FN5O3/c27-19-13-11-18(12-14-19)25(26(34)28-16-21-8-5-15-35-21)32(20-6-1-2-7-20)24(33)17-31-23-10-4-3-9-22(23)29-30-31/h3-5,8-15,20,25H,1-2,6-7,16-17H2,(H,28,34)/t25-/m1/s1. The van der Waals surface area contributed by atoms with Gasteiger partial charge in [0.05, 0.1) is 18.3 Å². The predicted molar refractivity (Wildman–Crippen MR) is 126 cm³/mol. The lowest BCUT2D eigenvalue weighted by atomic mass is 10.0. The van der Waals surface area contributed by atoms with E-state index in [2.05, 4.69) is 15.6 Å². The highest BCUT2D eigenvalue weighted by Crippen LogP contribution is 2.32. The molecule has 4 aromatic rings. The Kier molecular flexibility index (Phi) is 6.56. The first-order chi connectivity index (χ1) is 17.1. The van der Waals surface area contributed by atoms with Crippen molar-refractivity contribution >= 4 is 22.8 Å². The van der Waals surface area contributed by atoms with Crippen molar-refractivity contribution in [2.75, 3.05) is 0 Å². The molecule has 1 aliphatic carbocycles. The number of furan rings is 1. The highest BCUT2D eigenvalue weighted by Gasteiger charge is 2.37. The summed E-state index contributed by atoms with van der Waals surface area (Å²) in [4.78, 5) is 29.1. The van der Waals surface area contributed by atoms with Crippen molar-refractivity contribution in [3.05, 3.63) is 84.1 Å². The zero-order valence-electron chi connectivity index (χ0n) is 19.1. The Morgan fingerprint density at radius 2 is 1.86 bits per heavy atom. The molecule has 180 valence electrons. The number of benzene rings is 2. The van der Waals surface area contributed by atoms with Gasteiger partial charge in [-0.3, -0.25) is 9.59 Å². The zero-order valence-corrected chi connectivity index (χ0v) is 19.1. The fourth-order valence-electron chi connectivity index (χ4n) is 4.75. The Morgan fingerprint density at radius 1 is 1.09 bits per heavy atom. The molecule has 9 heteroatoms. The van der Waals surface area contributed by atoms with E-state index in [-0.39, 0.29) is 30.9 Å². The van der Waals surface area contributed by atoms with E-state index in [1.807, 2.05) is 24.3 Å². The van der Waals surface area contributed by atoms with Gasteiger partial charge >= 0.3 is 0 Å². The normalized spacial score (nSPS) is 14.8. The Labute approximate surface area is 201 Å². The molecule has 0 aliphatic heterocycles. The topological polar surface area (TPSA) is 93.3 Å². The first-order valence-corrected chi connectivity index (χ1v) is 11.7. The number of para-hydroxylation sites is 1. The second-order valence-electron chi connectivity index (χ2n) is 8.73. The Hall–Kier alpha value is -4.01. The fourth-order valence-corrected chi connectivity index (χ4v) is 4.75. The Balaban J connectivity index is 1.48. The number of rotatable bonds is 8. The zero-order chi connectivity index (χ0) is 24.2. The second-order valence-corrected chi connectivity index (χ2v) is 8.73. The molecule has 0 spiro atoms. The van der Waals surface area contributed by atoms with E-state index in [0.717, 1.165) is 31.2 Å². The first kappa shape index (κ1) is 22.8. The molecule has 0 saturated heterocycles. The SMILES string of the molecule is O=C(NCc1ccco1)[C@@H](c1ccc(F)cc1)N(C(=O)Cn1nnc2ccccc21)C1CCCC1. The van der Waals surface area contributed by atoms with E-state index >= 15 is 0 Å². The van der Waals surface area contributed by atoms with Gasteiger partial charge in [0.25, 0.3) is 0 Å². The van der Waals surface area contributed by atoms with E-state index < -0.39 is 11.9 Å². The lowest BCUT2D eigenvalue weighted by Crippen LogP contribution is -2.49. The molecule has 2 aromatic carbocycles. The van der Waals surface area contributed by atoms with Gasteiger partial charge in [-0.05, 0) is 54.8 Å². The van der Waals surface area contributed by atoms with Crippen LogP contribution in [0.5, 0.6) is 0 Å². The van der Waals surface area contributed by atoms with Crippen LogP contribution < -0.4 is 5.32 Å². The van der Waals surface area contributed by atoms with Gasteiger partial charge in [0, 0.05) is 6.04 Å². The number of hydrogen-bond donors (Lipinski definition) is 1. The molecule has 1 saturated carbocycles. The smallest absolute Gasteiger partial charge is 0.247 e. The van der Waals surface area contributed by atoms with Gasteiger partial charge < -0.3 is 14.6 Å². The van der Waals surface area contributed by atoms with E-state index in [4.69, 9.17) is 4.42 Å². The molecule has 5 rings (SSSR count). The lowest BCUT2D eigenvalue weighted by Gasteiger charge is -2.36. The summed E-state index contributed by atoms with van der Waals surface area (Å²) in [6.45, 7) is 0.129. The summed E-state index contributed by atoms with van der Waals surface area (Å²) in [5.41, 5.74) is 1.99. The predicted octanol–water partition coefficient (Wildman–Crippen LogP) is 3.99. The van der Waals surface area contributed by atoms with Crippen molar-refractivity contribution in [2.24, 2.45) is 0 Å². The number of amides is 2. The third-order valence-corrected chi connectivity index (χ3v) is 6.44. The third kappa shape index (κ3) is 4.94. The fraction of sp³-hybridized carbons (Fsp3) is 0.308. The van der Waals surface area contributed by atoms with E-state index in [1.165, 1.54) is 18.4 Å². The number of nitrogens with zero attached hydrogens (tertiary/aromatic N) is 4. The van der Waals surface area contributed by atoms with Crippen LogP contribution >= 0.6 is 0 Å². The minimum Gasteiger partial charge on any atom is -0.467 e. The maximum atomic E-state index is 13.8. The van der Waals surface area contributed by atoms with E-state index in [1.54, 1.807) is 33.8 Å². The van der Waals surface area contributed by atoms with Crippen LogP contribution in [-0.2, 0) is 22.7 Å². The quantitative estimate of drug-likeness (QED) is 0.416. The molecule has 0 bridgehead atoms. The van der Waals surface area contributed by atoms with Crippen molar-refractivity contribution in [1.29, 1.82) is 0 Å². The van der Waals surface area contributed by atoms with Gasteiger partial charge in [-0.1, -0.05) is 42.3 Å². The number of hydrogen-bond acceptors (Lipinski definition) is 5. The van der Waals surface area contributed by atoms with Crippen LogP contribution in [0.2, 0.25) is 0 Å². The molecular formula is C26H26FN5O3. The molecule has 2 amide bonds.